The number of aryl methyl sites for hydroxylation is 2. The largest absolute Gasteiger partial charge is 0.491 e. The summed E-state index contributed by atoms with van der Waals surface area (Å²) in [6.07, 6.45) is 2.20. The minimum absolute atomic E-state index is 0.347. The summed E-state index contributed by atoms with van der Waals surface area (Å²) in [5.74, 6) is 1.14. The van der Waals surface area contributed by atoms with Crippen LogP contribution in [-0.4, -0.2) is 12.6 Å². The zero-order valence-corrected chi connectivity index (χ0v) is 16.4. The van der Waals surface area contributed by atoms with Crippen molar-refractivity contribution in [2.24, 2.45) is 10.7 Å². The van der Waals surface area contributed by atoms with Gasteiger partial charge in [0.25, 0.3) is 0 Å². The van der Waals surface area contributed by atoms with Crippen molar-refractivity contribution in [3.63, 3.8) is 0 Å². The Morgan fingerprint density at radius 1 is 0.931 bits per heavy atom. The molecule has 0 saturated heterocycles. The van der Waals surface area contributed by atoms with Crippen LogP contribution in [0, 0.1) is 0 Å². The summed E-state index contributed by atoms with van der Waals surface area (Å²) < 4.78 is 5.94. The molecule has 29 heavy (non-hydrogen) atoms. The second-order valence-electron chi connectivity index (χ2n) is 7.30. The van der Waals surface area contributed by atoms with Crippen LogP contribution in [0.4, 0.5) is 11.4 Å². The molecule has 0 aromatic heterocycles. The Morgan fingerprint density at radius 2 is 1.72 bits per heavy atom. The lowest BCUT2D eigenvalue weighted by molar-refractivity contribution is 0.346. The Morgan fingerprint density at radius 3 is 2.59 bits per heavy atom. The first kappa shape index (κ1) is 17.6. The van der Waals surface area contributed by atoms with Gasteiger partial charge in [0, 0.05) is 10.8 Å². The van der Waals surface area contributed by atoms with E-state index in [9.17, 15) is 0 Å². The number of hydrogen-bond donors (Lipinski definition) is 2. The fraction of sp³-hybridized carbons (Fsp3) is 0.160. The fourth-order valence-corrected chi connectivity index (χ4v) is 4.27. The standard InChI is InChI=1S/C25H23N3O/c1-2-29-24-19-8-4-3-6-16(19)12-15-22(24)28-25(26)27-21-14-13-18-11-10-17-7-5-9-20(21)23(17)18/h3-9,12-15H,2,10-11H2,1H3,(H3,26,27,28). The van der Waals surface area contributed by atoms with E-state index in [0.29, 0.717) is 12.6 Å². The third kappa shape index (κ3) is 3.07. The number of guanidine groups is 1. The van der Waals surface area contributed by atoms with Crippen LogP contribution >= 0.6 is 0 Å². The van der Waals surface area contributed by atoms with E-state index in [1.54, 1.807) is 0 Å². The third-order valence-electron chi connectivity index (χ3n) is 5.53. The molecule has 144 valence electrons. The summed E-state index contributed by atoms with van der Waals surface area (Å²) in [5.41, 5.74) is 10.8. The molecule has 0 fully saturated rings. The summed E-state index contributed by atoms with van der Waals surface area (Å²) in [6.45, 7) is 2.56. The van der Waals surface area contributed by atoms with Crippen molar-refractivity contribution >= 4 is 38.9 Å². The third-order valence-corrected chi connectivity index (χ3v) is 5.53. The zero-order chi connectivity index (χ0) is 19.8. The maximum Gasteiger partial charge on any atom is 0.198 e. The molecule has 4 aromatic rings. The van der Waals surface area contributed by atoms with Gasteiger partial charge < -0.3 is 15.8 Å². The van der Waals surface area contributed by atoms with Gasteiger partial charge in [-0.05, 0) is 53.8 Å². The van der Waals surface area contributed by atoms with Crippen molar-refractivity contribution in [3.05, 3.63) is 77.9 Å². The summed E-state index contributed by atoms with van der Waals surface area (Å²) in [5, 5.41) is 7.92. The molecule has 0 aliphatic heterocycles. The van der Waals surface area contributed by atoms with Crippen LogP contribution in [0.15, 0.2) is 71.7 Å². The number of ether oxygens (including phenoxy) is 1. The molecule has 4 heteroatoms. The Kier molecular flexibility index (Phi) is 4.32. The second kappa shape index (κ2) is 7.13. The molecule has 0 spiro atoms. The van der Waals surface area contributed by atoms with E-state index in [2.05, 4.69) is 53.8 Å². The number of hydrogen-bond acceptors (Lipinski definition) is 2. The Bertz CT molecular complexity index is 1250. The molecule has 4 nitrogen and oxygen atoms in total. The number of rotatable bonds is 4. The van der Waals surface area contributed by atoms with Gasteiger partial charge in [-0.2, -0.15) is 0 Å². The molecular weight excluding hydrogens is 358 g/mol. The van der Waals surface area contributed by atoms with E-state index in [0.717, 1.165) is 46.1 Å². The highest BCUT2D eigenvalue weighted by molar-refractivity contribution is 6.04. The Hall–Kier alpha value is -3.53. The molecule has 1 aliphatic rings. The maximum atomic E-state index is 6.31. The molecule has 0 atom stereocenters. The van der Waals surface area contributed by atoms with Crippen molar-refractivity contribution in [3.8, 4) is 5.75 Å². The first-order chi connectivity index (χ1) is 14.2. The predicted octanol–water partition coefficient (Wildman–Crippen LogP) is 5.55. The van der Waals surface area contributed by atoms with Crippen LogP contribution in [0.5, 0.6) is 5.75 Å². The molecule has 0 unspecified atom stereocenters. The first-order valence-corrected chi connectivity index (χ1v) is 10.0. The summed E-state index contributed by atoms with van der Waals surface area (Å²) >= 11 is 0. The number of benzene rings is 4. The molecule has 0 bridgehead atoms. The van der Waals surface area contributed by atoms with Gasteiger partial charge in [-0.3, -0.25) is 0 Å². The van der Waals surface area contributed by atoms with E-state index in [1.165, 1.54) is 16.5 Å². The molecule has 0 heterocycles. The average molecular weight is 381 g/mol. The number of nitrogens with zero attached hydrogens (tertiary/aromatic N) is 1. The Balaban J connectivity index is 1.55. The monoisotopic (exact) mass is 381 g/mol. The van der Waals surface area contributed by atoms with Gasteiger partial charge in [0.1, 0.15) is 0 Å². The van der Waals surface area contributed by atoms with E-state index in [-0.39, 0.29) is 0 Å². The van der Waals surface area contributed by atoms with Gasteiger partial charge in [0.15, 0.2) is 11.7 Å². The van der Waals surface area contributed by atoms with E-state index >= 15 is 0 Å². The number of nitrogens with two attached hydrogens (primary N) is 1. The SMILES string of the molecule is CCOc1c(NC(N)=Nc2ccc3c4c(cccc24)CC3)ccc2ccccc12. The van der Waals surface area contributed by atoms with Gasteiger partial charge in [0.2, 0.25) is 0 Å². The minimum Gasteiger partial charge on any atom is -0.491 e. The van der Waals surface area contributed by atoms with Crippen molar-refractivity contribution in [1.29, 1.82) is 0 Å². The summed E-state index contributed by atoms with van der Waals surface area (Å²) in [4.78, 5) is 4.70. The minimum atomic E-state index is 0.347. The van der Waals surface area contributed by atoms with Crippen LogP contribution < -0.4 is 15.8 Å². The lowest BCUT2D eigenvalue weighted by Gasteiger charge is -2.15. The van der Waals surface area contributed by atoms with Gasteiger partial charge in [-0.15, -0.1) is 0 Å². The fourth-order valence-electron chi connectivity index (χ4n) is 4.27. The van der Waals surface area contributed by atoms with E-state index in [1.807, 2.05) is 25.1 Å². The van der Waals surface area contributed by atoms with Crippen LogP contribution in [-0.2, 0) is 12.8 Å². The number of nitrogens with one attached hydrogen (secondary N) is 1. The maximum absolute atomic E-state index is 6.31. The molecule has 4 aromatic carbocycles. The first-order valence-electron chi connectivity index (χ1n) is 10.0. The number of aliphatic imine (C=N–C) groups is 1. The molecule has 0 amide bonds. The molecular formula is C25H23N3O. The normalized spacial score (nSPS) is 13.2. The highest BCUT2D eigenvalue weighted by Gasteiger charge is 2.16. The van der Waals surface area contributed by atoms with Crippen molar-refractivity contribution in [1.82, 2.24) is 0 Å². The topological polar surface area (TPSA) is 59.6 Å². The van der Waals surface area contributed by atoms with Crippen LogP contribution in [0.3, 0.4) is 0 Å². The number of anilines is 1. The van der Waals surface area contributed by atoms with Crippen LogP contribution in [0.25, 0.3) is 21.5 Å². The van der Waals surface area contributed by atoms with Gasteiger partial charge in [-0.25, -0.2) is 4.99 Å². The molecule has 0 saturated carbocycles. The van der Waals surface area contributed by atoms with Crippen LogP contribution in [0.1, 0.15) is 18.1 Å². The van der Waals surface area contributed by atoms with Crippen molar-refractivity contribution < 1.29 is 4.74 Å². The van der Waals surface area contributed by atoms with E-state index in [4.69, 9.17) is 15.5 Å². The quantitative estimate of drug-likeness (QED) is 0.360. The smallest absolute Gasteiger partial charge is 0.198 e. The van der Waals surface area contributed by atoms with Gasteiger partial charge in [0.05, 0.1) is 18.0 Å². The summed E-state index contributed by atoms with van der Waals surface area (Å²) in [7, 11) is 0. The predicted molar refractivity (Wildman–Crippen MR) is 121 cm³/mol. The molecule has 1 aliphatic carbocycles. The second-order valence-corrected chi connectivity index (χ2v) is 7.30. The van der Waals surface area contributed by atoms with E-state index < -0.39 is 0 Å². The lowest BCUT2D eigenvalue weighted by Crippen LogP contribution is -2.22. The van der Waals surface area contributed by atoms with Crippen LogP contribution in [0.2, 0.25) is 0 Å². The molecule has 0 radical (unpaired) electrons. The number of fused-ring (bicyclic) bond motifs is 1. The lowest BCUT2D eigenvalue weighted by atomic mass is 10.0. The highest BCUT2D eigenvalue weighted by Crippen LogP contribution is 2.37. The summed E-state index contributed by atoms with van der Waals surface area (Å²) in [6, 6.07) is 22.9. The van der Waals surface area contributed by atoms with Gasteiger partial charge >= 0.3 is 0 Å². The van der Waals surface area contributed by atoms with Crippen molar-refractivity contribution in [2.45, 2.75) is 19.8 Å². The zero-order valence-electron chi connectivity index (χ0n) is 16.4. The highest BCUT2D eigenvalue weighted by atomic mass is 16.5. The average Bonchev–Trinajstić information content (AvgIpc) is 3.16. The van der Waals surface area contributed by atoms with Crippen molar-refractivity contribution in [2.75, 3.05) is 11.9 Å². The Labute approximate surface area is 170 Å². The molecule has 3 N–H and O–H groups in total. The molecule has 5 rings (SSSR count). The van der Waals surface area contributed by atoms with Gasteiger partial charge in [-0.1, -0.05) is 54.6 Å².